The van der Waals surface area contributed by atoms with Crippen molar-refractivity contribution >= 4 is 11.8 Å². The molecule has 0 aromatic carbocycles. The van der Waals surface area contributed by atoms with Crippen molar-refractivity contribution in [1.82, 2.24) is 19.8 Å². The minimum Gasteiger partial charge on any atom is -0.375 e. The quantitative estimate of drug-likeness (QED) is 0.865. The fraction of sp³-hybridized carbons (Fsp3) is 0.706. The van der Waals surface area contributed by atoms with E-state index in [9.17, 15) is 9.59 Å². The van der Waals surface area contributed by atoms with Crippen molar-refractivity contribution in [2.24, 2.45) is 5.41 Å². The third-order valence-electron chi connectivity index (χ3n) is 5.24. The Kier molecular flexibility index (Phi) is 5.18. The van der Waals surface area contributed by atoms with E-state index in [1.54, 1.807) is 19.6 Å². The van der Waals surface area contributed by atoms with Gasteiger partial charge in [0.15, 0.2) is 0 Å². The van der Waals surface area contributed by atoms with Gasteiger partial charge in [-0.1, -0.05) is 0 Å². The number of rotatable bonds is 5. The molecule has 24 heavy (non-hydrogen) atoms. The lowest BCUT2D eigenvalue weighted by molar-refractivity contribution is -0.144. The molecule has 1 aromatic rings. The average Bonchev–Trinajstić information content (AvgIpc) is 3.10. The first-order chi connectivity index (χ1) is 11.6. The molecule has 7 heteroatoms. The van der Waals surface area contributed by atoms with Crippen molar-refractivity contribution in [2.45, 2.75) is 32.1 Å². The number of methoxy groups -OCH3 is 1. The van der Waals surface area contributed by atoms with Crippen LogP contribution in [0.15, 0.2) is 12.5 Å². The number of nitrogens with one attached hydrogen (secondary N) is 1. The summed E-state index contributed by atoms with van der Waals surface area (Å²) >= 11 is 0. The van der Waals surface area contributed by atoms with Gasteiger partial charge in [0.2, 0.25) is 11.8 Å². The lowest BCUT2D eigenvalue weighted by atomic mass is 9.73. The van der Waals surface area contributed by atoms with Crippen molar-refractivity contribution < 1.29 is 14.3 Å². The Morgan fingerprint density at radius 1 is 1.42 bits per heavy atom. The first kappa shape index (κ1) is 17.0. The maximum atomic E-state index is 12.3. The molecule has 7 nitrogen and oxygen atoms in total. The van der Waals surface area contributed by atoms with E-state index in [1.807, 2.05) is 9.80 Å². The number of aromatic amines is 1. The second-order valence-electron chi connectivity index (χ2n) is 6.99. The number of nitrogens with zero attached hydrogens (tertiary/aromatic N) is 3. The van der Waals surface area contributed by atoms with Crippen LogP contribution < -0.4 is 0 Å². The number of H-pyrrole nitrogens is 1. The number of amides is 2. The molecule has 1 aromatic heterocycles. The third-order valence-corrected chi connectivity index (χ3v) is 5.24. The largest absolute Gasteiger partial charge is 0.375 e. The number of hydrogen-bond donors (Lipinski definition) is 1. The summed E-state index contributed by atoms with van der Waals surface area (Å²) < 4.78 is 4.99. The third kappa shape index (κ3) is 3.77. The van der Waals surface area contributed by atoms with Crippen molar-refractivity contribution in [2.75, 3.05) is 39.9 Å². The number of imidazole rings is 1. The van der Waals surface area contributed by atoms with Gasteiger partial charge in [-0.2, -0.15) is 0 Å². The lowest BCUT2D eigenvalue weighted by Crippen LogP contribution is -2.55. The normalized spacial score (nSPS) is 24.6. The molecule has 2 fully saturated rings. The van der Waals surface area contributed by atoms with Crippen LogP contribution in [0.1, 0.15) is 31.4 Å². The summed E-state index contributed by atoms with van der Waals surface area (Å²) in [5, 5.41) is 0. The van der Waals surface area contributed by atoms with Crippen molar-refractivity contribution in [3.63, 3.8) is 0 Å². The molecule has 0 aliphatic carbocycles. The smallest absolute Gasteiger partial charge is 0.248 e. The molecule has 132 valence electrons. The lowest BCUT2D eigenvalue weighted by Gasteiger charge is -2.48. The van der Waals surface area contributed by atoms with E-state index < -0.39 is 0 Å². The molecule has 1 spiro atoms. The number of hydrogen-bond acceptors (Lipinski definition) is 4. The van der Waals surface area contributed by atoms with E-state index >= 15 is 0 Å². The minimum atomic E-state index is 0.0452. The van der Waals surface area contributed by atoms with Crippen molar-refractivity contribution in [3.8, 4) is 0 Å². The van der Waals surface area contributed by atoms with E-state index in [4.69, 9.17) is 4.74 Å². The van der Waals surface area contributed by atoms with Crippen molar-refractivity contribution in [3.05, 3.63) is 18.2 Å². The number of carbonyl (C=O) groups excluding carboxylic acids is 2. The van der Waals surface area contributed by atoms with Gasteiger partial charge < -0.3 is 19.5 Å². The summed E-state index contributed by atoms with van der Waals surface area (Å²) in [7, 11) is 1.55. The van der Waals surface area contributed by atoms with Crippen LogP contribution in [-0.4, -0.2) is 71.5 Å². The fourth-order valence-electron chi connectivity index (χ4n) is 3.95. The Labute approximate surface area is 142 Å². The second-order valence-corrected chi connectivity index (χ2v) is 6.99. The van der Waals surface area contributed by atoms with Gasteiger partial charge in [-0.15, -0.1) is 0 Å². The predicted octanol–water partition coefficient (Wildman–Crippen LogP) is 0.830. The van der Waals surface area contributed by atoms with Gasteiger partial charge in [0, 0.05) is 63.4 Å². The zero-order valence-corrected chi connectivity index (χ0v) is 14.3. The molecule has 3 heterocycles. The number of aromatic nitrogens is 2. The average molecular weight is 334 g/mol. The summed E-state index contributed by atoms with van der Waals surface area (Å²) in [6, 6.07) is 0. The van der Waals surface area contributed by atoms with Crippen LogP contribution in [0.2, 0.25) is 0 Å². The van der Waals surface area contributed by atoms with Gasteiger partial charge in [-0.25, -0.2) is 4.98 Å². The molecule has 1 N–H and O–H groups in total. The van der Waals surface area contributed by atoms with Crippen LogP contribution in [0.25, 0.3) is 0 Å². The molecule has 2 amide bonds. The van der Waals surface area contributed by atoms with Gasteiger partial charge in [0.1, 0.15) is 6.61 Å². The van der Waals surface area contributed by atoms with Crippen LogP contribution in [0, 0.1) is 5.41 Å². The summed E-state index contributed by atoms with van der Waals surface area (Å²) in [4.78, 5) is 35.4. The highest BCUT2D eigenvalue weighted by Gasteiger charge is 2.42. The Hall–Kier alpha value is -1.89. The molecule has 0 saturated carbocycles. The maximum Gasteiger partial charge on any atom is 0.248 e. The number of likely N-dealkylation sites (tertiary alicyclic amines) is 2. The molecule has 0 radical (unpaired) electrons. The Morgan fingerprint density at radius 3 is 3.04 bits per heavy atom. The number of ether oxygens (including phenoxy) is 1. The van der Waals surface area contributed by atoms with Crippen LogP contribution in [0.3, 0.4) is 0 Å². The molecule has 3 rings (SSSR count). The maximum absolute atomic E-state index is 12.3. The van der Waals surface area contributed by atoms with Gasteiger partial charge in [0.25, 0.3) is 0 Å². The molecular formula is C17H26N4O3. The van der Waals surface area contributed by atoms with E-state index in [2.05, 4.69) is 9.97 Å². The highest BCUT2D eigenvalue weighted by molar-refractivity contribution is 5.78. The Balaban J connectivity index is 1.62. The standard InChI is InChI=1S/C17H26N4O3/c1-24-10-16(23)20-7-2-5-17(11-20)6-3-15(22)21(12-17)8-4-14-9-18-13-19-14/h9,13H,2-8,10-12H2,1H3,(H,18,19)/t17-/m1/s1. The van der Waals surface area contributed by atoms with E-state index in [0.29, 0.717) is 13.0 Å². The van der Waals surface area contributed by atoms with Gasteiger partial charge in [0.05, 0.1) is 6.33 Å². The van der Waals surface area contributed by atoms with Gasteiger partial charge >= 0.3 is 0 Å². The summed E-state index contributed by atoms with van der Waals surface area (Å²) in [6.07, 6.45) is 7.79. The highest BCUT2D eigenvalue weighted by atomic mass is 16.5. The van der Waals surface area contributed by atoms with E-state index in [0.717, 1.165) is 51.0 Å². The van der Waals surface area contributed by atoms with Gasteiger partial charge in [-0.3, -0.25) is 9.59 Å². The Morgan fingerprint density at radius 2 is 2.29 bits per heavy atom. The van der Waals surface area contributed by atoms with Crippen LogP contribution in [0.5, 0.6) is 0 Å². The molecule has 0 unspecified atom stereocenters. The first-order valence-corrected chi connectivity index (χ1v) is 8.64. The molecule has 2 aliphatic rings. The van der Waals surface area contributed by atoms with E-state index in [1.165, 1.54) is 0 Å². The Bertz CT molecular complexity index is 574. The zero-order valence-electron chi connectivity index (χ0n) is 14.3. The number of piperidine rings is 2. The van der Waals surface area contributed by atoms with Crippen LogP contribution >= 0.6 is 0 Å². The van der Waals surface area contributed by atoms with Crippen LogP contribution in [0.4, 0.5) is 0 Å². The van der Waals surface area contributed by atoms with E-state index in [-0.39, 0.29) is 23.8 Å². The zero-order chi connectivity index (χ0) is 17.0. The summed E-state index contributed by atoms with van der Waals surface area (Å²) in [5.41, 5.74) is 1.09. The summed E-state index contributed by atoms with van der Waals surface area (Å²) in [5.74, 6) is 0.276. The number of carbonyl (C=O) groups is 2. The monoisotopic (exact) mass is 334 g/mol. The molecule has 2 saturated heterocycles. The second kappa shape index (κ2) is 7.34. The fourth-order valence-corrected chi connectivity index (χ4v) is 3.95. The first-order valence-electron chi connectivity index (χ1n) is 8.64. The molecule has 0 bridgehead atoms. The summed E-state index contributed by atoms with van der Waals surface area (Å²) in [6.45, 7) is 3.12. The molecule has 1 atom stereocenters. The molecular weight excluding hydrogens is 308 g/mol. The topological polar surface area (TPSA) is 78.5 Å². The highest BCUT2D eigenvalue weighted by Crippen LogP contribution is 2.38. The van der Waals surface area contributed by atoms with Crippen molar-refractivity contribution in [1.29, 1.82) is 0 Å². The predicted molar refractivity (Wildman–Crippen MR) is 88.2 cm³/mol. The molecule has 2 aliphatic heterocycles. The SMILES string of the molecule is COCC(=O)N1CCC[C@@]2(CCC(=O)N(CCc3cnc[nH]3)C2)C1. The minimum absolute atomic E-state index is 0.0452. The van der Waals surface area contributed by atoms with Gasteiger partial charge in [-0.05, 0) is 19.3 Å². The van der Waals surface area contributed by atoms with Crippen LogP contribution in [-0.2, 0) is 20.7 Å².